The maximum absolute atomic E-state index is 5.91. The number of ether oxygens (including phenoxy) is 1. The monoisotopic (exact) mass is 326 g/mol. The van der Waals surface area contributed by atoms with Crippen molar-refractivity contribution in [1.29, 1.82) is 0 Å². The van der Waals surface area contributed by atoms with Crippen LogP contribution in [0.4, 0.5) is 0 Å². The van der Waals surface area contributed by atoms with E-state index in [1.165, 1.54) is 0 Å². The molecule has 0 aromatic heterocycles. The minimum atomic E-state index is -0.0226. The SMILES string of the molecule is COCC(NN)c1cc(Cl)ccc1I. The second-order valence-electron chi connectivity index (χ2n) is 2.84. The van der Waals surface area contributed by atoms with Crippen LogP contribution in [0.3, 0.4) is 0 Å². The van der Waals surface area contributed by atoms with E-state index in [1.807, 2.05) is 18.2 Å². The summed E-state index contributed by atoms with van der Waals surface area (Å²) in [6.45, 7) is 0.521. The predicted octanol–water partition coefficient (Wildman–Crippen LogP) is 2.10. The van der Waals surface area contributed by atoms with Gasteiger partial charge in [0.05, 0.1) is 12.6 Å². The smallest absolute Gasteiger partial charge is 0.0704 e. The summed E-state index contributed by atoms with van der Waals surface area (Å²) in [4.78, 5) is 0. The molecule has 0 fully saturated rings. The van der Waals surface area contributed by atoms with Crippen molar-refractivity contribution < 1.29 is 4.74 Å². The second-order valence-corrected chi connectivity index (χ2v) is 4.44. The van der Waals surface area contributed by atoms with Crippen molar-refractivity contribution in [2.75, 3.05) is 13.7 Å². The molecule has 0 aliphatic rings. The van der Waals surface area contributed by atoms with E-state index in [2.05, 4.69) is 28.0 Å². The first-order valence-corrected chi connectivity index (χ1v) is 5.54. The summed E-state index contributed by atoms with van der Waals surface area (Å²) in [6, 6.07) is 5.68. The Hall–Kier alpha value is 0.120. The van der Waals surface area contributed by atoms with E-state index < -0.39 is 0 Å². The molecule has 0 saturated heterocycles. The highest BCUT2D eigenvalue weighted by Crippen LogP contribution is 2.23. The first kappa shape index (κ1) is 12.2. The number of hydrazine groups is 1. The summed E-state index contributed by atoms with van der Waals surface area (Å²) in [5.74, 6) is 5.43. The highest BCUT2D eigenvalue weighted by Gasteiger charge is 2.12. The highest BCUT2D eigenvalue weighted by atomic mass is 127. The third kappa shape index (κ3) is 3.06. The van der Waals surface area contributed by atoms with Crippen LogP contribution >= 0.6 is 34.2 Å². The van der Waals surface area contributed by atoms with Gasteiger partial charge < -0.3 is 4.74 Å². The van der Waals surface area contributed by atoms with E-state index in [4.69, 9.17) is 22.2 Å². The van der Waals surface area contributed by atoms with E-state index in [0.29, 0.717) is 11.6 Å². The third-order valence-electron chi connectivity index (χ3n) is 1.87. The number of rotatable bonds is 4. The lowest BCUT2D eigenvalue weighted by molar-refractivity contribution is 0.167. The van der Waals surface area contributed by atoms with Crippen molar-refractivity contribution in [2.45, 2.75) is 6.04 Å². The number of hydrogen-bond donors (Lipinski definition) is 2. The van der Waals surface area contributed by atoms with Gasteiger partial charge in [0.25, 0.3) is 0 Å². The molecule has 0 aliphatic carbocycles. The van der Waals surface area contributed by atoms with Crippen molar-refractivity contribution in [2.24, 2.45) is 5.84 Å². The molecule has 1 rings (SSSR count). The van der Waals surface area contributed by atoms with Crippen LogP contribution in [0.25, 0.3) is 0 Å². The van der Waals surface area contributed by atoms with Crippen LogP contribution in [0.5, 0.6) is 0 Å². The molecular weight excluding hydrogens is 314 g/mol. The fourth-order valence-electron chi connectivity index (χ4n) is 1.18. The van der Waals surface area contributed by atoms with Gasteiger partial charge in [-0.05, 0) is 46.4 Å². The maximum atomic E-state index is 5.91. The molecule has 78 valence electrons. The number of hydrogen-bond acceptors (Lipinski definition) is 3. The number of benzene rings is 1. The van der Waals surface area contributed by atoms with Crippen LogP contribution in [-0.2, 0) is 4.74 Å². The molecule has 14 heavy (non-hydrogen) atoms. The van der Waals surface area contributed by atoms with Crippen LogP contribution in [0.1, 0.15) is 11.6 Å². The minimum Gasteiger partial charge on any atom is -0.383 e. The summed E-state index contributed by atoms with van der Waals surface area (Å²) < 4.78 is 6.17. The molecule has 3 nitrogen and oxygen atoms in total. The molecule has 1 aromatic rings. The van der Waals surface area contributed by atoms with Crippen LogP contribution in [0.2, 0.25) is 5.02 Å². The summed E-state index contributed by atoms with van der Waals surface area (Å²) in [7, 11) is 1.64. The molecule has 1 atom stereocenters. The average molecular weight is 327 g/mol. The van der Waals surface area contributed by atoms with Crippen LogP contribution in [-0.4, -0.2) is 13.7 Å². The summed E-state index contributed by atoms with van der Waals surface area (Å²) in [6.07, 6.45) is 0. The van der Waals surface area contributed by atoms with Gasteiger partial charge in [-0.25, -0.2) is 0 Å². The fraction of sp³-hybridized carbons (Fsp3) is 0.333. The van der Waals surface area contributed by atoms with Crippen LogP contribution in [0.15, 0.2) is 18.2 Å². The normalized spacial score (nSPS) is 12.9. The first-order chi connectivity index (χ1) is 6.69. The van der Waals surface area contributed by atoms with Crippen molar-refractivity contribution in [3.63, 3.8) is 0 Å². The first-order valence-electron chi connectivity index (χ1n) is 4.09. The number of nitrogens with two attached hydrogens (primary N) is 1. The molecule has 1 aromatic carbocycles. The highest BCUT2D eigenvalue weighted by molar-refractivity contribution is 14.1. The van der Waals surface area contributed by atoms with Gasteiger partial charge in [-0.3, -0.25) is 11.3 Å². The summed E-state index contributed by atoms with van der Waals surface area (Å²) in [5, 5.41) is 0.705. The van der Waals surface area contributed by atoms with Gasteiger partial charge in [0.2, 0.25) is 0 Å². The van der Waals surface area contributed by atoms with Gasteiger partial charge in [0.1, 0.15) is 0 Å². The van der Waals surface area contributed by atoms with E-state index >= 15 is 0 Å². The third-order valence-corrected chi connectivity index (χ3v) is 3.09. The standard InChI is InChI=1S/C9H12ClIN2O/c1-14-5-9(13-12)7-4-6(10)2-3-8(7)11/h2-4,9,13H,5,12H2,1H3. The average Bonchev–Trinajstić information content (AvgIpc) is 2.18. The zero-order chi connectivity index (χ0) is 10.6. The maximum Gasteiger partial charge on any atom is 0.0704 e. The molecule has 0 radical (unpaired) electrons. The Labute approximate surface area is 102 Å². The van der Waals surface area contributed by atoms with E-state index in [9.17, 15) is 0 Å². The topological polar surface area (TPSA) is 47.3 Å². The lowest BCUT2D eigenvalue weighted by Gasteiger charge is -2.16. The Morgan fingerprint density at radius 2 is 2.36 bits per heavy atom. The molecular formula is C9H12ClIN2O. The molecule has 0 aliphatic heterocycles. The molecule has 0 amide bonds. The molecule has 0 saturated carbocycles. The Morgan fingerprint density at radius 3 is 2.93 bits per heavy atom. The van der Waals surface area contributed by atoms with Crippen molar-refractivity contribution >= 4 is 34.2 Å². The molecule has 5 heteroatoms. The van der Waals surface area contributed by atoms with Crippen LogP contribution in [0, 0.1) is 3.57 Å². The Balaban J connectivity index is 2.96. The Kier molecular flexibility index (Phi) is 5.11. The second kappa shape index (κ2) is 5.87. The van der Waals surface area contributed by atoms with Gasteiger partial charge in [-0.15, -0.1) is 0 Å². The van der Waals surface area contributed by atoms with Crippen molar-refractivity contribution in [3.8, 4) is 0 Å². The Morgan fingerprint density at radius 1 is 1.64 bits per heavy atom. The molecule has 0 heterocycles. The zero-order valence-electron chi connectivity index (χ0n) is 7.76. The molecule has 0 spiro atoms. The summed E-state index contributed by atoms with van der Waals surface area (Å²) >= 11 is 8.15. The lowest BCUT2D eigenvalue weighted by Crippen LogP contribution is -2.31. The zero-order valence-corrected chi connectivity index (χ0v) is 10.7. The molecule has 1 unspecified atom stereocenters. The molecule has 0 bridgehead atoms. The van der Waals surface area contributed by atoms with Gasteiger partial charge >= 0.3 is 0 Å². The van der Waals surface area contributed by atoms with Gasteiger partial charge in [-0.2, -0.15) is 0 Å². The molecule has 3 N–H and O–H groups in total. The number of nitrogens with one attached hydrogen (secondary N) is 1. The van der Waals surface area contributed by atoms with E-state index in [1.54, 1.807) is 7.11 Å². The lowest BCUT2D eigenvalue weighted by atomic mass is 10.1. The minimum absolute atomic E-state index is 0.0226. The Bertz CT molecular complexity index is 309. The number of methoxy groups -OCH3 is 1. The van der Waals surface area contributed by atoms with E-state index in [0.717, 1.165) is 9.13 Å². The fourth-order valence-corrected chi connectivity index (χ4v) is 2.07. The van der Waals surface area contributed by atoms with E-state index in [-0.39, 0.29) is 6.04 Å². The van der Waals surface area contributed by atoms with Gasteiger partial charge in [0.15, 0.2) is 0 Å². The van der Waals surface area contributed by atoms with Gasteiger partial charge in [0, 0.05) is 15.7 Å². The largest absolute Gasteiger partial charge is 0.383 e. The predicted molar refractivity (Wildman–Crippen MR) is 66.1 cm³/mol. The van der Waals surface area contributed by atoms with Crippen molar-refractivity contribution in [1.82, 2.24) is 5.43 Å². The number of halogens is 2. The van der Waals surface area contributed by atoms with Crippen molar-refractivity contribution in [3.05, 3.63) is 32.4 Å². The van der Waals surface area contributed by atoms with Crippen LogP contribution < -0.4 is 11.3 Å². The van der Waals surface area contributed by atoms with Gasteiger partial charge in [-0.1, -0.05) is 11.6 Å². The summed E-state index contributed by atoms with van der Waals surface area (Å²) in [5.41, 5.74) is 3.76. The quantitative estimate of drug-likeness (QED) is 0.506.